The Morgan fingerprint density at radius 1 is 0.705 bits per heavy atom. The van der Waals surface area contributed by atoms with E-state index in [1.807, 2.05) is 49.5 Å². The summed E-state index contributed by atoms with van der Waals surface area (Å²) in [7, 11) is 4.74. The Kier molecular flexibility index (Phi) is 9.95. The average molecular weight is 626 g/mol. The first-order valence-electron chi connectivity index (χ1n) is 13.4. The Labute approximate surface area is 257 Å². The van der Waals surface area contributed by atoms with Crippen molar-refractivity contribution >= 4 is 50.1 Å². The van der Waals surface area contributed by atoms with E-state index in [1.54, 1.807) is 39.3 Å². The van der Waals surface area contributed by atoms with Crippen LogP contribution >= 0.6 is 11.6 Å². The molecule has 0 saturated heterocycles. The molecule has 0 aliphatic carbocycles. The minimum Gasteiger partial charge on any atom is -0.496 e. The van der Waals surface area contributed by atoms with Gasteiger partial charge < -0.3 is 14.2 Å². The second-order valence-electron chi connectivity index (χ2n) is 9.82. The summed E-state index contributed by atoms with van der Waals surface area (Å²) in [4.78, 5) is 8.94. The van der Waals surface area contributed by atoms with Crippen LogP contribution in [0.4, 0.5) is 19.0 Å². The first-order valence-corrected chi connectivity index (χ1v) is 13.8. The van der Waals surface area contributed by atoms with Crippen LogP contribution in [0.25, 0.3) is 32.7 Å². The lowest BCUT2D eigenvalue weighted by Crippen LogP contribution is -2.16. The van der Waals surface area contributed by atoms with E-state index in [1.165, 1.54) is 18.7 Å². The maximum atomic E-state index is 12.8. The van der Waals surface area contributed by atoms with E-state index in [4.69, 9.17) is 31.5 Å². The minimum atomic E-state index is -4.38. The second kappa shape index (κ2) is 13.6. The van der Waals surface area contributed by atoms with Crippen molar-refractivity contribution in [2.45, 2.75) is 20.0 Å². The number of fused-ring (bicyclic) bond motifs is 3. The van der Waals surface area contributed by atoms with Crippen molar-refractivity contribution < 1.29 is 42.3 Å². The Hall–Kier alpha value is -4.83. The number of alkyl halides is 3. The molecule has 6 aromatic rings. The highest BCUT2D eigenvalue weighted by Crippen LogP contribution is 2.35. The van der Waals surface area contributed by atoms with Crippen LogP contribution in [0.3, 0.4) is 0 Å². The van der Waals surface area contributed by atoms with Crippen LogP contribution in [-0.4, -0.2) is 21.3 Å². The molecule has 3 heterocycles. The summed E-state index contributed by atoms with van der Waals surface area (Å²) >= 11 is 5.85. The molecule has 0 atom stereocenters. The van der Waals surface area contributed by atoms with Crippen LogP contribution in [-0.2, 0) is 6.18 Å². The molecule has 0 aliphatic heterocycles. The molecule has 11 heteroatoms. The summed E-state index contributed by atoms with van der Waals surface area (Å²) in [5.74, 6) is 2.70. The van der Waals surface area contributed by atoms with Crippen LogP contribution in [0.1, 0.15) is 16.8 Å². The summed E-state index contributed by atoms with van der Waals surface area (Å²) < 4.78 is 54.0. The molecule has 0 amide bonds. The highest BCUT2D eigenvalue weighted by molar-refractivity contribution is 6.31. The molecule has 0 unspecified atom stereocenters. The molecule has 0 radical (unpaired) electrons. The quantitative estimate of drug-likeness (QED) is 0.232. The Morgan fingerprint density at radius 3 is 2.05 bits per heavy atom. The van der Waals surface area contributed by atoms with Crippen LogP contribution < -0.4 is 34.9 Å². The number of rotatable bonds is 3. The summed E-state index contributed by atoms with van der Waals surface area (Å²) in [6, 6.07) is 21.2. The van der Waals surface area contributed by atoms with E-state index < -0.39 is 11.7 Å². The third-order valence-corrected chi connectivity index (χ3v) is 6.93. The molecule has 0 spiro atoms. The summed E-state index contributed by atoms with van der Waals surface area (Å²) in [5.41, 5.74) is 8.88. The second-order valence-corrected chi connectivity index (χ2v) is 10.3. The van der Waals surface area contributed by atoms with Crippen LogP contribution in [0, 0.1) is 13.8 Å². The summed E-state index contributed by atoms with van der Waals surface area (Å²) in [6.45, 7) is 3.73. The molecule has 5 N–H and O–H groups in total. The predicted molar refractivity (Wildman–Crippen MR) is 165 cm³/mol. The van der Waals surface area contributed by atoms with E-state index >= 15 is 0 Å². The first-order chi connectivity index (χ1) is 20.9. The van der Waals surface area contributed by atoms with Gasteiger partial charge in [0, 0.05) is 30.1 Å². The highest BCUT2D eigenvalue weighted by Gasteiger charge is 2.36. The van der Waals surface area contributed by atoms with E-state index in [9.17, 15) is 13.2 Å². The number of H-pyrrole nitrogens is 3. The zero-order valence-corrected chi connectivity index (χ0v) is 25.6. The largest absolute Gasteiger partial charge is 0.496 e. The maximum absolute atomic E-state index is 12.8. The molecule has 0 bridgehead atoms. The number of aromatic nitrogens is 3. The number of nitrogens with one attached hydrogen (secondary N) is 3. The lowest BCUT2D eigenvalue weighted by atomic mass is 10.1. The van der Waals surface area contributed by atoms with Crippen molar-refractivity contribution in [3.63, 3.8) is 0 Å². The number of halogens is 4. The number of para-hydroxylation sites is 1. The van der Waals surface area contributed by atoms with E-state index in [-0.39, 0.29) is 5.52 Å². The minimum absolute atomic E-state index is 0.0526. The molecular weight excluding hydrogens is 593 g/mol. The van der Waals surface area contributed by atoms with Crippen molar-refractivity contribution in [1.29, 1.82) is 0 Å². The molecule has 3 aromatic heterocycles. The molecule has 44 heavy (non-hydrogen) atoms. The molecule has 0 fully saturated rings. The van der Waals surface area contributed by atoms with Gasteiger partial charge in [-0.05, 0) is 48.9 Å². The van der Waals surface area contributed by atoms with Gasteiger partial charge in [-0.3, -0.25) is 5.73 Å². The van der Waals surface area contributed by atoms with E-state index in [0.29, 0.717) is 22.6 Å². The zero-order chi connectivity index (χ0) is 32.0. The first kappa shape index (κ1) is 32.1. The number of benzene rings is 3. The zero-order valence-electron chi connectivity index (χ0n) is 24.8. The van der Waals surface area contributed by atoms with Gasteiger partial charge in [0.15, 0.2) is 11.9 Å². The van der Waals surface area contributed by atoms with Gasteiger partial charge in [-0.25, -0.2) is 15.0 Å². The fraction of sp³-hybridized carbons (Fsp3) is 0.182. The maximum Gasteiger partial charge on any atom is 0.422 e. The molecule has 0 aliphatic rings. The predicted octanol–water partition coefficient (Wildman–Crippen LogP) is 6.86. The molecule has 6 rings (SSSR count). The SMILES string of the molecule is COc1cc(C)[nH+]c2c(C(F)(F)F)cccc12.COc1cc(N)[nH+]c2cc(C)ccc12.COc1cc[nH+]c2cc(Cl)ccc12. The lowest BCUT2D eigenvalue weighted by molar-refractivity contribution is -0.357. The fourth-order valence-electron chi connectivity index (χ4n) is 4.69. The van der Waals surface area contributed by atoms with E-state index in [2.05, 4.69) is 21.0 Å². The molecule has 3 aromatic carbocycles. The number of aryl methyl sites for hydroxylation is 2. The smallest absolute Gasteiger partial charge is 0.422 e. The average Bonchev–Trinajstić information content (AvgIpc) is 2.99. The number of nitrogens with two attached hydrogens (primary N) is 1. The normalized spacial score (nSPS) is 10.9. The van der Waals surface area contributed by atoms with Crippen LogP contribution in [0.5, 0.6) is 17.2 Å². The number of aromatic amines is 3. The van der Waals surface area contributed by atoms with Crippen LogP contribution in [0.2, 0.25) is 5.02 Å². The van der Waals surface area contributed by atoms with Gasteiger partial charge in [-0.1, -0.05) is 23.7 Å². The van der Waals surface area contributed by atoms with Gasteiger partial charge in [-0.15, -0.1) is 0 Å². The number of anilines is 1. The lowest BCUT2D eigenvalue weighted by Gasteiger charge is -2.08. The topological polar surface area (TPSA) is 96.1 Å². The van der Waals surface area contributed by atoms with Crippen molar-refractivity contribution in [3.05, 3.63) is 101 Å². The Morgan fingerprint density at radius 2 is 1.36 bits per heavy atom. The molecular formula is C33H33ClF3N4O3+3. The van der Waals surface area contributed by atoms with Gasteiger partial charge >= 0.3 is 6.18 Å². The number of pyridine rings is 3. The molecule has 0 saturated carbocycles. The highest BCUT2D eigenvalue weighted by atomic mass is 35.5. The molecule has 228 valence electrons. The fourth-order valence-corrected chi connectivity index (χ4v) is 4.86. The van der Waals surface area contributed by atoms with Gasteiger partial charge in [-0.2, -0.15) is 13.2 Å². The number of hydrogen-bond acceptors (Lipinski definition) is 4. The van der Waals surface area contributed by atoms with Crippen molar-refractivity contribution in [2.24, 2.45) is 0 Å². The Balaban J connectivity index is 0.000000152. The van der Waals surface area contributed by atoms with Gasteiger partial charge in [0.1, 0.15) is 28.3 Å². The van der Waals surface area contributed by atoms with Crippen molar-refractivity contribution in [2.75, 3.05) is 27.1 Å². The summed E-state index contributed by atoms with van der Waals surface area (Å²) in [5, 5.41) is 3.23. The number of ether oxygens (including phenoxy) is 3. The number of nitrogen functional groups attached to an aromatic ring is 1. The third-order valence-electron chi connectivity index (χ3n) is 6.69. The number of methoxy groups -OCH3 is 3. The van der Waals surface area contributed by atoms with Crippen molar-refractivity contribution in [3.8, 4) is 17.2 Å². The molecule has 7 nitrogen and oxygen atoms in total. The van der Waals surface area contributed by atoms with Gasteiger partial charge in [0.2, 0.25) is 11.0 Å². The van der Waals surface area contributed by atoms with Gasteiger partial charge in [0.05, 0.1) is 43.6 Å². The van der Waals surface area contributed by atoms with Crippen LogP contribution in [0.15, 0.2) is 79.0 Å². The van der Waals surface area contributed by atoms with Gasteiger partial charge in [0.25, 0.3) is 5.82 Å². The standard InChI is InChI=1S/C12H10F3NO.C11H12N2O.C10H8ClNO/c1-7-6-10(17-2)8-4-3-5-9(11(8)16-7)12(13,14)15;1-7-3-4-8-9(5-7)13-11(12)6-10(8)14-2;1-13-10-4-5-12-9-6-7(11)2-3-8(9)10/h3-6H,1-2H3;3-6H,1-2H3,(H2,12,13);2-6H,1H3/p+3. The monoisotopic (exact) mass is 625 g/mol. The Bertz CT molecular complexity index is 1930. The summed E-state index contributed by atoms with van der Waals surface area (Å²) in [6.07, 6.45) is -2.55. The number of hydrogen-bond donors (Lipinski definition) is 1. The van der Waals surface area contributed by atoms with Crippen molar-refractivity contribution in [1.82, 2.24) is 0 Å². The third kappa shape index (κ3) is 7.38. The van der Waals surface area contributed by atoms with E-state index in [0.717, 1.165) is 44.4 Å².